The molecule has 1 aromatic heterocycles. The van der Waals surface area contributed by atoms with Gasteiger partial charge in [-0.2, -0.15) is 0 Å². The predicted molar refractivity (Wildman–Crippen MR) is 61.8 cm³/mol. The number of hydrogen-bond acceptors (Lipinski definition) is 4. The zero-order valence-electron chi connectivity index (χ0n) is 8.89. The lowest BCUT2D eigenvalue weighted by atomic mass is 10.0. The van der Waals surface area contributed by atoms with E-state index in [0.717, 1.165) is 28.2 Å². The van der Waals surface area contributed by atoms with Crippen LogP contribution in [-0.2, 0) is 0 Å². The highest BCUT2D eigenvalue weighted by Gasteiger charge is 2.18. The topological polar surface area (TPSA) is 63.1 Å². The van der Waals surface area contributed by atoms with Crippen LogP contribution in [0.2, 0.25) is 0 Å². The molecule has 2 rings (SSSR count). The number of nitrogens with zero attached hydrogens (tertiary/aromatic N) is 2. The highest BCUT2D eigenvalue weighted by atomic mass is 32.1. The lowest BCUT2D eigenvalue weighted by Crippen LogP contribution is -1.97. The average molecular weight is 234 g/mol. The minimum atomic E-state index is -0.981. The summed E-state index contributed by atoms with van der Waals surface area (Å²) in [5.74, 6) is -0.981. The van der Waals surface area contributed by atoms with Gasteiger partial charge in [-0.1, -0.05) is 22.2 Å². The van der Waals surface area contributed by atoms with Gasteiger partial charge >= 0.3 is 5.97 Å². The Bertz CT molecular complexity index is 549. The maximum Gasteiger partial charge on any atom is 0.349 e. The highest BCUT2D eigenvalue weighted by Crippen LogP contribution is 2.27. The summed E-state index contributed by atoms with van der Waals surface area (Å²) in [4.78, 5) is 11.2. The van der Waals surface area contributed by atoms with Crippen LogP contribution in [0, 0.1) is 13.8 Å². The monoisotopic (exact) mass is 234 g/mol. The van der Waals surface area contributed by atoms with E-state index in [-0.39, 0.29) is 4.88 Å². The normalized spacial score (nSPS) is 10.4. The number of carbonyl (C=O) groups is 1. The van der Waals surface area contributed by atoms with Crippen LogP contribution in [0.4, 0.5) is 0 Å². The Morgan fingerprint density at radius 3 is 2.81 bits per heavy atom. The van der Waals surface area contributed by atoms with E-state index in [2.05, 4.69) is 9.59 Å². The third-order valence-corrected chi connectivity index (χ3v) is 3.04. The van der Waals surface area contributed by atoms with Crippen molar-refractivity contribution in [1.29, 1.82) is 0 Å². The van der Waals surface area contributed by atoms with E-state index in [1.807, 2.05) is 32.0 Å². The fourth-order valence-electron chi connectivity index (χ4n) is 1.50. The second-order valence-electron chi connectivity index (χ2n) is 3.57. The van der Waals surface area contributed by atoms with Gasteiger partial charge in [0.25, 0.3) is 0 Å². The first-order valence-electron chi connectivity index (χ1n) is 4.73. The van der Waals surface area contributed by atoms with Crippen molar-refractivity contribution < 1.29 is 9.90 Å². The maximum atomic E-state index is 11.0. The molecule has 4 nitrogen and oxygen atoms in total. The van der Waals surface area contributed by atoms with E-state index < -0.39 is 5.97 Å². The molecule has 0 amide bonds. The van der Waals surface area contributed by atoms with Gasteiger partial charge in [-0.3, -0.25) is 0 Å². The molecule has 0 spiro atoms. The van der Waals surface area contributed by atoms with Gasteiger partial charge in [-0.15, -0.1) is 5.10 Å². The molecule has 5 heteroatoms. The second-order valence-corrected chi connectivity index (χ2v) is 4.33. The smallest absolute Gasteiger partial charge is 0.349 e. The van der Waals surface area contributed by atoms with Gasteiger partial charge in [0.1, 0.15) is 5.69 Å². The average Bonchev–Trinajstić information content (AvgIpc) is 2.70. The van der Waals surface area contributed by atoms with Crippen molar-refractivity contribution in [1.82, 2.24) is 9.59 Å². The molecule has 0 saturated heterocycles. The van der Waals surface area contributed by atoms with Gasteiger partial charge in [0.05, 0.1) is 0 Å². The molecule has 0 radical (unpaired) electrons. The van der Waals surface area contributed by atoms with Crippen molar-refractivity contribution in [3.05, 3.63) is 34.2 Å². The van der Waals surface area contributed by atoms with Crippen LogP contribution in [0.3, 0.4) is 0 Å². The SMILES string of the molecule is Cc1ccc(C)c(-c2nnsc2C(=O)O)c1. The summed E-state index contributed by atoms with van der Waals surface area (Å²) in [6.45, 7) is 3.89. The first-order chi connectivity index (χ1) is 7.59. The molecule has 1 N–H and O–H groups in total. The fraction of sp³-hybridized carbons (Fsp3) is 0.182. The van der Waals surface area contributed by atoms with Crippen molar-refractivity contribution in [3.63, 3.8) is 0 Å². The molecule has 2 aromatic rings. The number of aromatic carboxylic acids is 1. The number of carboxylic acid groups (broad SMARTS) is 1. The number of aryl methyl sites for hydroxylation is 2. The summed E-state index contributed by atoms with van der Waals surface area (Å²) >= 11 is 0.906. The minimum absolute atomic E-state index is 0.189. The van der Waals surface area contributed by atoms with Crippen molar-refractivity contribution in [2.24, 2.45) is 0 Å². The van der Waals surface area contributed by atoms with Crippen LogP contribution in [0.5, 0.6) is 0 Å². The number of rotatable bonds is 2. The maximum absolute atomic E-state index is 11.0. The van der Waals surface area contributed by atoms with E-state index in [1.165, 1.54) is 0 Å². The molecule has 0 aliphatic rings. The summed E-state index contributed by atoms with van der Waals surface area (Å²) < 4.78 is 3.70. The molecule has 0 atom stereocenters. The molecule has 0 aliphatic carbocycles. The second kappa shape index (κ2) is 4.02. The lowest BCUT2D eigenvalue weighted by molar-refractivity contribution is 0.0702. The first-order valence-corrected chi connectivity index (χ1v) is 5.50. The van der Waals surface area contributed by atoms with Gasteiger partial charge in [0.2, 0.25) is 0 Å². The zero-order chi connectivity index (χ0) is 11.7. The van der Waals surface area contributed by atoms with Crippen molar-refractivity contribution in [3.8, 4) is 11.3 Å². The molecular formula is C11H10N2O2S. The molecule has 0 saturated carbocycles. The largest absolute Gasteiger partial charge is 0.477 e. The molecule has 0 aliphatic heterocycles. The van der Waals surface area contributed by atoms with Crippen molar-refractivity contribution in [2.75, 3.05) is 0 Å². The zero-order valence-corrected chi connectivity index (χ0v) is 9.71. The third-order valence-electron chi connectivity index (χ3n) is 2.33. The molecule has 0 bridgehead atoms. The quantitative estimate of drug-likeness (QED) is 0.867. The Hall–Kier alpha value is -1.75. The van der Waals surface area contributed by atoms with E-state index in [4.69, 9.17) is 5.11 Å². The number of aromatic nitrogens is 2. The molecule has 0 fully saturated rings. The van der Waals surface area contributed by atoms with Crippen molar-refractivity contribution in [2.45, 2.75) is 13.8 Å². The van der Waals surface area contributed by atoms with E-state index in [1.54, 1.807) is 0 Å². The minimum Gasteiger partial charge on any atom is -0.477 e. The molecule has 0 unspecified atom stereocenters. The summed E-state index contributed by atoms with van der Waals surface area (Å²) in [6, 6.07) is 5.87. The molecule has 1 aromatic carbocycles. The van der Waals surface area contributed by atoms with Gasteiger partial charge in [-0.05, 0) is 37.0 Å². The van der Waals surface area contributed by atoms with Crippen LogP contribution in [0.25, 0.3) is 11.3 Å². The van der Waals surface area contributed by atoms with Crippen LogP contribution < -0.4 is 0 Å². The van der Waals surface area contributed by atoms with Crippen LogP contribution in [0.1, 0.15) is 20.8 Å². The number of benzene rings is 1. The molecule has 16 heavy (non-hydrogen) atoms. The standard InChI is InChI=1S/C11H10N2O2S/c1-6-3-4-7(2)8(5-6)9-10(11(14)15)16-13-12-9/h3-5H,1-2H3,(H,14,15). The van der Waals surface area contributed by atoms with E-state index >= 15 is 0 Å². The molecule has 82 valence electrons. The van der Waals surface area contributed by atoms with Gasteiger partial charge in [0.15, 0.2) is 4.88 Å². The fourth-order valence-corrected chi connectivity index (χ4v) is 2.02. The van der Waals surface area contributed by atoms with E-state index in [0.29, 0.717) is 5.69 Å². The Morgan fingerprint density at radius 1 is 1.38 bits per heavy atom. The number of carboxylic acids is 1. The van der Waals surface area contributed by atoms with Crippen LogP contribution in [-0.4, -0.2) is 20.7 Å². The van der Waals surface area contributed by atoms with Gasteiger partial charge < -0.3 is 5.11 Å². The molecular weight excluding hydrogens is 224 g/mol. The summed E-state index contributed by atoms with van der Waals surface area (Å²) in [5, 5.41) is 12.9. The Kier molecular flexibility index (Phi) is 2.70. The highest BCUT2D eigenvalue weighted by molar-refractivity contribution is 7.08. The first kappa shape index (κ1) is 10.8. The Labute approximate surface area is 96.7 Å². The third kappa shape index (κ3) is 1.81. The summed E-state index contributed by atoms with van der Waals surface area (Å²) in [7, 11) is 0. The van der Waals surface area contributed by atoms with E-state index in [9.17, 15) is 4.79 Å². The van der Waals surface area contributed by atoms with Gasteiger partial charge in [0, 0.05) is 5.56 Å². The number of hydrogen-bond donors (Lipinski definition) is 1. The van der Waals surface area contributed by atoms with Crippen molar-refractivity contribution >= 4 is 17.5 Å². The van der Waals surface area contributed by atoms with Crippen LogP contribution in [0.15, 0.2) is 18.2 Å². The summed E-state index contributed by atoms with van der Waals surface area (Å²) in [5.41, 5.74) is 3.37. The Morgan fingerprint density at radius 2 is 2.12 bits per heavy atom. The summed E-state index contributed by atoms with van der Waals surface area (Å²) in [6.07, 6.45) is 0. The van der Waals surface area contributed by atoms with Crippen LogP contribution >= 0.6 is 11.5 Å². The lowest BCUT2D eigenvalue weighted by Gasteiger charge is -2.04. The molecule has 1 heterocycles. The Balaban J connectivity index is 2.62. The predicted octanol–water partition coefficient (Wildman–Crippen LogP) is 2.52. The van der Waals surface area contributed by atoms with Gasteiger partial charge in [-0.25, -0.2) is 4.79 Å².